The Hall–Kier alpha value is -1.23. The van der Waals surface area contributed by atoms with Crippen molar-refractivity contribution in [1.82, 2.24) is 9.38 Å². The molecule has 2 rings (SSSR count). The first-order valence-electron chi connectivity index (χ1n) is 2.61. The van der Waals surface area contributed by atoms with Crippen LogP contribution in [-0.4, -0.2) is 19.6 Å². The molecule has 10 heavy (non-hydrogen) atoms. The zero-order valence-electron chi connectivity index (χ0n) is 4.85. The molecule has 5 heteroatoms. The van der Waals surface area contributed by atoms with Crippen molar-refractivity contribution in [2.75, 3.05) is 0 Å². The van der Waals surface area contributed by atoms with Gasteiger partial charge in [0.2, 0.25) is 11.8 Å². The van der Waals surface area contributed by atoms with Gasteiger partial charge in [0.15, 0.2) is 4.83 Å². The van der Waals surface area contributed by atoms with E-state index in [1.165, 1.54) is 27.4 Å². The van der Waals surface area contributed by atoms with Crippen molar-refractivity contribution in [3.63, 3.8) is 0 Å². The van der Waals surface area contributed by atoms with Gasteiger partial charge < -0.3 is 10.2 Å². The molecule has 0 saturated carbocycles. The Bertz CT molecular complexity index is 328. The molecule has 0 fully saturated rings. The third kappa shape index (κ3) is 0.522. The third-order valence-electron chi connectivity index (χ3n) is 1.23. The van der Waals surface area contributed by atoms with E-state index in [0.29, 0.717) is 4.83 Å². The lowest BCUT2D eigenvalue weighted by atomic mass is 10.8. The Labute approximate surface area is 60.0 Å². The van der Waals surface area contributed by atoms with E-state index in [-0.39, 0.29) is 11.8 Å². The summed E-state index contributed by atoms with van der Waals surface area (Å²) in [5.41, 5.74) is 0. The van der Waals surface area contributed by atoms with Gasteiger partial charge in [0, 0.05) is 0 Å². The number of hydrogen-bond donors (Lipinski definition) is 2. The summed E-state index contributed by atoms with van der Waals surface area (Å²) in [4.78, 5) is 4.15. The number of aromatic hydroxyl groups is 2. The average molecular weight is 156 g/mol. The van der Waals surface area contributed by atoms with Crippen LogP contribution in [0, 0.1) is 0 Å². The summed E-state index contributed by atoms with van der Waals surface area (Å²) in [6.45, 7) is 0. The molecule has 2 aromatic heterocycles. The molecular weight excluding hydrogens is 152 g/mol. The van der Waals surface area contributed by atoms with Gasteiger partial charge in [-0.15, -0.1) is 11.3 Å². The normalized spacial score (nSPS) is 10.8. The summed E-state index contributed by atoms with van der Waals surface area (Å²) >= 11 is 1.25. The van der Waals surface area contributed by atoms with E-state index < -0.39 is 0 Å². The van der Waals surface area contributed by atoms with Crippen LogP contribution in [0.25, 0.3) is 4.83 Å². The molecule has 0 bridgehead atoms. The summed E-state index contributed by atoms with van der Waals surface area (Å²) in [5.74, 6) is 0.0677. The van der Waals surface area contributed by atoms with E-state index in [4.69, 9.17) is 10.2 Å². The minimum absolute atomic E-state index is 0.0368. The van der Waals surface area contributed by atoms with Crippen LogP contribution in [0.1, 0.15) is 0 Å². The SMILES string of the molecule is Oc1ncn2c(O)csc12. The fraction of sp³-hybridized carbons (Fsp3) is 0. The van der Waals surface area contributed by atoms with E-state index in [1.54, 1.807) is 0 Å². The molecular formula is C5H4N2O2S. The second-order valence-corrected chi connectivity index (χ2v) is 2.70. The van der Waals surface area contributed by atoms with Gasteiger partial charge in [-0.3, -0.25) is 4.40 Å². The highest BCUT2D eigenvalue weighted by atomic mass is 32.1. The van der Waals surface area contributed by atoms with Gasteiger partial charge in [-0.25, -0.2) is 4.98 Å². The molecule has 0 radical (unpaired) electrons. The lowest BCUT2D eigenvalue weighted by molar-refractivity contribution is 0.448. The number of aromatic nitrogens is 2. The molecule has 0 amide bonds. The smallest absolute Gasteiger partial charge is 0.248 e. The van der Waals surface area contributed by atoms with Gasteiger partial charge in [0.05, 0.1) is 5.38 Å². The van der Waals surface area contributed by atoms with Crippen LogP contribution < -0.4 is 0 Å². The topological polar surface area (TPSA) is 57.8 Å². The quantitative estimate of drug-likeness (QED) is 0.593. The summed E-state index contributed by atoms with van der Waals surface area (Å²) in [5, 5.41) is 19.6. The second-order valence-electron chi connectivity index (χ2n) is 1.84. The minimum atomic E-state index is -0.0368. The van der Waals surface area contributed by atoms with E-state index in [0.717, 1.165) is 0 Å². The fourth-order valence-corrected chi connectivity index (χ4v) is 1.51. The van der Waals surface area contributed by atoms with Crippen molar-refractivity contribution < 1.29 is 10.2 Å². The highest BCUT2D eigenvalue weighted by molar-refractivity contribution is 7.16. The Morgan fingerprint density at radius 2 is 2.30 bits per heavy atom. The van der Waals surface area contributed by atoms with Crippen LogP contribution in [0.15, 0.2) is 11.7 Å². The molecule has 2 aromatic rings. The second kappa shape index (κ2) is 1.63. The summed E-state index contributed by atoms with van der Waals surface area (Å²) in [6, 6.07) is 0. The number of imidazole rings is 1. The lowest BCUT2D eigenvalue weighted by Crippen LogP contribution is -1.71. The van der Waals surface area contributed by atoms with Crippen LogP contribution in [-0.2, 0) is 0 Å². The molecule has 52 valence electrons. The maximum Gasteiger partial charge on any atom is 0.248 e. The first-order valence-corrected chi connectivity index (χ1v) is 3.49. The predicted octanol–water partition coefficient (Wildman–Crippen LogP) is 0.807. The molecule has 0 aromatic carbocycles. The highest BCUT2D eigenvalue weighted by Crippen LogP contribution is 2.27. The maximum atomic E-state index is 9.05. The first kappa shape index (κ1) is 5.55. The van der Waals surface area contributed by atoms with Crippen LogP contribution in [0.3, 0.4) is 0 Å². The van der Waals surface area contributed by atoms with Gasteiger partial charge >= 0.3 is 0 Å². The predicted molar refractivity (Wildman–Crippen MR) is 36.4 cm³/mol. The lowest BCUT2D eigenvalue weighted by Gasteiger charge is -1.81. The first-order chi connectivity index (χ1) is 4.79. The van der Waals surface area contributed by atoms with Gasteiger partial charge in [-0.2, -0.15) is 0 Å². The van der Waals surface area contributed by atoms with Gasteiger partial charge in [-0.1, -0.05) is 0 Å². The van der Waals surface area contributed by atoms with Crippen LogP contribution >= 0.6 is 11.3 Å². The molecule has 0 aliphatic rings. The zero-order valence-corrected chi connectivity index (χ0v) is 5.67. The number of rotatable bonds is 0. The van der Waals surface area contributed by atoms with Gasteiger partial charge in [-0.05, 0) is 0 Å². The Balaban J connectivity index is 2.95. The number of thiazole rings is 1. The van der Waals surface area contributed by atoms with Gasteiger partial charge in [0.25, 0.3) is 0 Å². The standard InChI is InChI=1S/C5H4N2O2S/c8-3-1-10-5-4(9)6-2-7(3)5/h1-2,8-9H. The third-order valence-corrected chi connectivity index (χ3v) is 2.16. The molecule has 0 aliphatic carbocycles. The number of hydrogen-bond acceptors (Lipinski definition) is 4. The Morgan fingerprint density at radius 1 is 1.50 bits per heavy atom. The van der Waals surface area contributed by atoms with E-state index in [1.807, 2.05) is 0 Å². The molecule has 2 heterocycles. The summed E-state index contributed by atoms with van der Waals surface area (Å²) in [6.07, 6.45) is 1.37. The van der Waals surface area contributed by atoms with Gasteiger partial charge in [0.1, 0.15) is 6.33 Å². The Kier molecular flexibility index (Phi) is 0.906. The van der Waals surface area contributed by atoms with E-state index in [2.05, 4.69) is 4.98 Å². The van der Waals surface area contributed by atoms with E-state index >= 15 is 0 Å². The number of nitrogens with zero attached hydrogens (tertiary/aromatic N) is 2. The van der Waals surface area contributed by atoms with Crippen LogP contribution in [0.2, 0.25) is 0 Å². The van der Waals surface area contributed by atoms with Crippen molar-refractivity contribution in [3.8, 4) is 11.8 Å². The minimum Gasteiger partial charge on any atom is -0.494 e. The molecule has 4 nitrogen and oxygen atoms in total. The molecule has 0 aliphatic heterocycles. The highest BCUT2D eigenvalue weighted by Gasteiger charge is 2.06. The van der Waals surface area contributed by atoms with Crippen molar-refractivity contribution in [2.24, 2.45) is 0 Å². The van der Waals surface area contributed by atoms with Crippen molar-refractivity contribution >= 4 is 16.2 Å². The monoisotopic (exact) mass is 156 g/mol. The summed E-state index contributed by atoms with van der Waals surface area (Å²) in [7, 11) is 0. The average Bonchev–Trinajstić information content (AvgIpc) is 2.41. The fourth-order valence-electron chi connectivity index (χ4n) is 0.766. The van der Waals surface area contributed by atoms with Crippen molar-refractivity contribution in [3.05, 3.63) is 11.7 Å². The number of fused-ring (bicyclic) bond motifs is 1. The molecule has 0 unspecified atom stereocenters. The molecule has 0 saturated heterocycles. The van der Waals surface area contributed by atoms with Crippen molar-refractivity contribution in [2.45, 2.75) is 0 Å². The van der Waals surface area contributed by atoms with E-state index in [9.17, 15) is 0 Å². The molecule has 2 N–H and O–H groups in total. The van der Waals surface area contributed by atoms with Crippen LogP contribution in [0.4, 0.5) is 0 Å². The molecule has 0 atom stereocenters. The zero-order chi connectivity index (χ0) is 7.14. The maximum absolute atomic E-state index is 9.05. The Morgan fingerprint density at radius 3 is 3.00 bits per heavy atom. The summed E-state index contributed by atoms with van der Waals surface area (Å²) < 4.78 is 1.42. The largest absolute Gasteiger partial charge is 0.494 e. The van der Waals surface area contributed by atoms with Crippen LogP contribution in [0.5, 0.6) is 11.8 Å². The molecule has 0 spiro atoms. The van der Waals surface area contributed by atoms with Crippen molar-refractivity contribution in [1.29, 1.82) is 0 Å².